The molecule has 236 valence electrons. The molecule has 0 amide bonds. The van der Waals surface area contributed by atoms with Gasteiger partial charge in [-0.1, -0.05) is 146 Å². The average molecular weight is 646 g/mol. The number of hydrogen-bond acceptors (Lipinski definition) is 0. The Morgan fingerprint density at radius 3 is 1.39 bits per heavy atom. The third kappa shape index (κ3) is 4.22. The van der Waals surface area contributed by atoms with Gasteiger partial charge >= 0.3 is 0 Å². The average Bonchev–Trinajstić information content (AvgIpc) is 3.52. The van der Waals surface area contributed by atoms with Gasteiger partial charge in [-0.15, -0.1) is 0 Å². The van der Waals surface area contributed by atoms with E-state index in [1.165, 1.54) is 97.9 Å². The van der Waals surface area contributed by atoms with Crippen LogP contribution in [0.15, 0.2) is 188 Å². The SMILES string of the molecule is c1ccc(-n2c3cc4c(-c5ccc6ccccc6c5)c5ccccc5c(-c5ccc6ccccc6c5)c4cc3c3c4ccccc4ccc32)cc1. The van der Waals surface area contributed by atoms with Crippen LogP contribution in [-0.2, 0) is 0 Å². The Morgan fingerprint density at radius 1 is 0.275 bits per heavy atom. The molecule has 0 atom stereocenters. The van der Waals surface area contributed by atoms with Gasteiger partial charge in [0.1, 0.15) is 0 Å². The van der Waals surface area contributed by atoms with E-state index in [2.05, 4.69) is 193 Å². The van der Waals surface area contributed by atoms with Gasteiger partial charge in [0.05, 0.1) is 11.0 Å². The number of para-hydroxylation sites is 1. The maximum atomic E-state index is 2.50. The van der Waals surface area contributed by atoms with E-state index in [1.54, 1.807) is 0 Å². The highest BCUT2D eigenvalue weighted by atomic mass is 15.0. The van der Waals surface area contributed by atoms with Gasteiger partial charge in [-0.3, -0.25) is 0 Å². The molecule has 1 aromatic heterocycles. The summed E-state index contributed by atoms with van der Waals surface area (Å²) in [5.74, 6) is 0. The summed E-state index contributed by atoms with van der Waals surface area (Å²) in [5, 5.41) is 15.1. The van der Waals surface area contributed by atoms with Gasteiger partial charge in [0, 0.05) is 16.5 Å². The number of benzene rings is 10. The Labute approximate surface area is 295 Å². The maximum absolute atomic E-state index is 2.50. The van der Waals surface area contributed by atoms with Crippen LogP contribution < -0.4 is 0 Å². The van der Waals surface area contributed by atoms with Crippen LogP contribution >= 0.6 is 0 Å². The van der Waals surface area contributed by atoms with E-state index in [9.17, 15) is 0 Å². The zero-order valence-corrected chi connectivity index (χ0v) is 27.8. The second-order valence-corrected chi connectivity index (χ2v) is 13.7. The predicted octanol–water partition coefficient (Wildman–Crippen LogP) is 13.9. The van der Waals surface area contributed by atoms with E-state index in [-0.39, 0.29) is 0 Å². The number of aromatic nitrogens is 1. The molecule has 0 aliphatic rings. The normalized spacial score (nSPS) is 11.9. The van der Waals surface area contributed by atoms with Gasteiger partial charge < -0.3 is 4.57 Å². The molecule has 0 spiro atoms. The molecule has 0 aliphatic heterocycles. The molecule has 0 aliphatic carbocycles. The van der Waals surface area contributed by atoms with Crippen LogP contribution in [0.1, 0.15) is 0 Å². The van der Waals surface area contributed by atoms with Crippen molar-refractivity contribution in [3.63, 3.8) is 0 Å². The third-order valence-corrected chi connectivity index (χ3v) is 10.9. The van der Waals surface area contributed by atoms with Crippen LogP contribution in [0.25, 0.3) is 104 Å². The molecule has 0 saturated heterocycles. The molecule has 1 nitrogen and oxygen atoms in total. The van der Waals surface area contributed by atoms with Crippen molar-refractivity contribution in [1.29, 1.82) is 0 Å². The van der Waals surface area contributed by atoms with Crippen molar-refractivity contribution in [2.45, 2.75) is 0 Å². The Morgan fingerprint density at radius 2 is 0.765 bits per heavy atom. The lowest BCUT2D eigenvalue weighted by molar-refractivity contribution is 1.18. The first kappa shape index (κ1) is 28.2. The molecule has 1 heteroatoms. The fourth-order valence-electron chi connectivity index (χ4n) is 8.62. The lowest BCUT2D eigenvalue weighted by atomic mass is 9.84. The van der Waals surface area contributed by atoms with Crippen molar-refractivity contribution in [1.82, 2.24) is 4.57 Å². The molecular weight excluding hydrogens is 615 g/mol. The van der Waals surface area contributed by atoms with Gasteiger partial charge in [0.2, 0.25) is 0 Å². The molecule has 0 bridgehead atoms. The summed E-state index contributed by atoms with van der Waals surface area (Å²) in [7, 11) is 0. The summed E-state index contributed by atoms with van der Waals surface area (Å²) >= 11 is 0. The highest BCUT2D eigenvalue weighted by Crippen LogP contribution is 2.48. The summed E-state index contributed by atoms with van der Waals surface area (Å²) in [6.07, 6.45) is 0. The minimum Gasteiger partial charge on any atom is -0.309 e. The molecule has 0 saturated carbocycles. The van der Waals surface area contributed by atoms with E-state index in [0.29, 0.717) is 0 Å². The Hall–Kier alpha value is -6.70. The lowest BCUT2D eigenvalue weighted by Crippen LogP contribution is -1.95. The molecule has 11 aromatic rings. The molecule has 0 fully saturated rings. The van der Waals surface area contributed by atoms with E-state index in [0.717, 1.165) is 5.69 Å². The fourth-order valence-corrected chi connectivity index (χ4v) is 8.62. The van der Waals surface area contributed by atoms with Crippen molar-refractivity contribution in [3.05, 3.63) is 188 Å². The van der Waals surface area contributed by atoms with Crippen LogP contribution in [0.2, 0.25) is 0 Å². The zero-order valence-electron chi connectivity index (χ0n) is 27.8. The third-order valence-electron chi connectivity index (χ3n) is 10.9. The quantitative estimate of drug-likeness (QED) is 0.169. The summed E-state index contributed by atoms with van der Waals surface area (Å²) < 4.78 is 2.46. The molecule has 1 heterocycles. The summed E-state index contributed by atoms with van der Waals surface area (Å²) in [5.41, 5.74) is 8.60. The van der Waals surface area contributed by atoms with Crippen LogP contribution in [0.4, 0.5) is 0 Å². The first-order chi connectivity index (χ1) is 25.3. The second-order valence-electron chi connectivity index (χ2n) is 13.7. The van der Waals surface area contributed by atoms with Gasteiger partial charge in [-0.2, -0.15) is 0 Å². The molecule has 51 heavy (non-hydrogen) atoms. The molecule has 0 N–H and O–H groups in total. The Bertz CT molecular complexity index is 3180. The topological polar surface area (TPSA) is 4.93 Å². The number of fused-ring (bicyclic) bond motifs is 9. The van der Waals surface area contributed by atoms with Crippen molar-refractivity contribution in [2.24, 2.45) is 0 Å². The predicted molar refractivity (Wildman–Crippen MR) is 219 cm³/mol. The summed E-state index contributed by atoms with van der Waals surface area (Å²) in [4.78, 5) is 0. The minimum atomic E-state index is 1.16. The summed E-state index contributed by atoms with van der Waals surface area (Å²) in [6.45, 7) is 0. The van der Waals surface area contributed by atoms with E-state index < -0.39 is 0 Å². The molecule has 10 aromatic carbocycles. The van der Waals surface area contributed by atoms with Crippen molar-refractivity contribution >= 4 is 75.7 Å². The van der Waals surface area contributed by atoms with Crippen molar-refractivity contribution in [2.75, 3.05) is 0 Å². The van der Waals surface area contributed by atoms with Gasteiger partial charge in [-0.25, -0.2) is 0 Å². The first-order valence-electron chi connectivity index (χ1n) is 17.7. The van der Waals surface area contributed by atoms with Crippen molar-refractivity contribution < 1.29 is 0 Å². The monoisotopic (exact) mass is 645 g/mol. The highest BCUT2D eigenvalue weighted by Gasteiger charge is 2.22. The van der Waals surface area contributed by atoms with Crippen LogP contribution in [-0.4, -0.2) is 4.57 Å². The van der Waals surface area contributed by atoms with Crippen LogP contribution in [0, 0.1) is 0 Å². The van der Waals surface area contributed by atoms with Gasteiger partial charge in [0.15, 0.2) is 0 Å². The first-order valence-corrected chi connectivity index (χ1v) is 17.7. The number of hydrogen-bond donors (Lipinski definition) is 0. The smallest absolute Gasteiger partial charge is 0.0547 e. The molecule has 0 radical (unpaired) electrons. The zero-order chi connectivity index (χ0) is 33.5. The Balaban J connectivity index is 1.38. The fraction of sp³-hybridized carbons (Fsp3) is 0. The van der Waals surface area contributed by atoms with Crippen molar-refractivity contribution in [3.8, 4) is 27.9 Å². The lowest BCUT2D eigenvalue weighted by Gasteiger charge is -2.19. The standard InChI is InChI=1S/C50H31N/c1-2-17-39(18-3-1)51-46-27-26-34-14-8-9-19-40(34)50(46)45-30-43-44(31-47(45)51)49(38-25-23-33-13-5-7-16-36(33)29-38)42-21-11-10-20-41(42)48(43)37-24-22-32-12-4-6-15-35(32)28-37/h1-31H. The van der Waals surface area contributed by atoms with E-state index in [4.69, 9.17) is 0 Å². The number of nitrogens with zero attached hydrogens (tertiary/aromatic N) is 1. The van der Waals surface area contributed by atoms with Crippen LogP contribution in [0.5, 0.6) is 0 Å². The highest BCUT2D eigenvalue weighted by molar-refractivity contribution is 6.28. The summed E-state index contributed by atoms with van der Waals surface area (Å²) in [6, 6.07) is 69.5. The van der Waals surface area contributed by atoms with Gasteiger partial charge in [0.25, 0.3) is 0 Å². The van der Waals surface area contributed by atoms with Gasteiger partial charge in [-0.05, 0) is 119 Å². The molecule has 0 unspecified atom stereocenters. The van der Waals surface area contributed by atoms with E-state index in [1.807, 2.05) is 0 Å². The van der Waals surface area contributed by atoms with Crippen LogP contribution in [0.3, 0.4) is 0 Å². The molecular formula is C50H31N. The van der Waals surface area contributed by atoms with E-state index >= 15 is 0 Å². The minimum absolute atomic E-state index is 1.16. The molecule has 11 rings (SSSR count). The second kappa shape index (κ2) is 10.9. The number of rotatable bonds is 3. The maximum Gasteiger partial charge on any atom is 0.0547 e. The largest absolute Gasteiger partial charge is 0.309 e. The Kier molecular flexibility index (Phi) is 6.02.